The van der Waals surface area contributed by atoms with E-state index in [0.717, 1.165) is 12.6 Å². The van der Waals surface area contributed by atoms with Crippen molar-refractivity contribution >= 4 is 0 Å². The van der Waals surface area contributed by atoms with Gasteiger partial charge in [-0.25, -0.2) is 0 Å². The van der Waals surface area contributed by atoms with Crippen LogP contribution in [0.5, 0.6) is 0 Å². The molecule has 3 nitrogen and oxygen atoms in total. The fraction of sp³-hybridized carbons (Fsp3) is 1.00. The Labute approximate surface area is 106 Å². The molecule has 17 heavy (non-hydrogen) atoms. The van der Waals surface area contributed by atoms with E-state index in [2.05, 4.69) is 9.80 Å². The fourth-order valence-electron chi connectivity index (χ4n) is 3.26. The Morgan fingerprint density at radius 3 is 2.71 bits per heavy atom. The quantitative estimate of drug-likeness (QED) is 0.716. The van der Waals surface area contributed by atoms with E-state index in [1.807, 2.05) is 0 Å². The smallest absolute Gasteiger partial charge is 0.0223 e. The minimum Gasteiger partial charge on any atom is -0.330 e. The monoisotopic (exact) mass is 239 g/mol. The molecule has 0 saturated carbocycles. The summed E-state index contributed by atoms with van der Waals surface area (Å²) in [6, 6.07) is 0.876. The number of piperazine rings is 1. The van der Waals surface area contributed by atoms with Gasteiger partial charge in [-0.2, -0.15) is 0 Å². The van der Waals surface area contributed by atoms with E-state index in [0.29, 0.717) is 0 Å². The molecular weight excluding hydrogens is 210 g/mol. The molecule has 0 radical (unpaired) electrons. The SMILES string of the molecule is NCCCCCCN1CCN2CCCCC2C1. The Kier molecular flexibility index (Phi) is 5.75. The van der Waals surface area contributed by atoms with Gasteiger partial charge in [0.25, 0.3) is 0 Å². The van der Waals surface area contributed by atoms with Gasteiger partial charge in [0.1, 0.15) is 0 Å². The van der Waals surface area contributed by atoms with Gasteiger partial charge in [-0.3, -0.25) is 4.90 Å². The van der Waals surface area contributed by atoms with Crippen molar-refractivity contribution in [3.63, 3.8) is 0 Å². The van der Waals surface area contributed by atoms with Crippen molar-refractivity contribution in [3.05, 3.63) is 0 Å². The highest BCUT2D eigenvalue weighted by Gasteiger charge is 2.28. The second-order valence-electron chi connectivity index (χ2n) is 5.69. The highest BCUT2D eigenvalue weighted by atomic mass is 15.3. The van der Waals surface area contributed by atoms with Crippen LogP contribution in [0, 0.1) is 0 Å². The van der Waals surface area contributed by atoms with Crippen LogP contribution in [0.1, 0.15) is 44.9 Å². The normalized spacial score (nSPS) is 27.0. The number of nitrogens with two attached hydrogens (primary N) is 1. The largest absolute Gasteiger partial charge is 0.330 e. The van der Waals surface area contributed by atoms with Gasteiger partial charge >= 0.3 is 0 Å². The maximum absolute atomic E-state index is 5.51. The summed E-state index contributed by atoms with van der Waals surface area (Å²) in [6.07, 6.45) is 9.57. The van der Waals surface area contributed by atoms with Crippen LogP contribution in [-0.4, -0.2) is 55.1 Å². The second-order valence-corrected chi connectivity index (χ2v) is 5.69. The molecule has 0 bridgehead atoms. The first-order valence-electron chi connectivity index (χ1n) is 7.56. The summed E-state index contributed by atoms with van der Waals surface area (Å²) in [5.74, 6) is 0. The Bertz CT molecular complexity index is 208. The van der Waals surface area contributed by atoms with Crippen LogP contribution in [0.25, 0.3) is 0 Å². The summed E-state index contributed by atoms with van der Waals surface area (Å²) in [5.41, 5.74) is 5.51. The molecule has 0 amide bonds. The van der Waals surface area contributed by atoms with Crippen molar-refractivity contribution < 1.29 is 0 Å². The van der Waals surface area contributed by atoms with Crippen LogP contribution in [0.4, 0.5) is 0 Å². The van der Waals surface area contributed by atoms with Crippen molar-refractivity contribution in [2.45, 2.75) is 51.0 Å². The molecular formula is C14H29N3. The molecule has 0 aromatic rings. The van der Waals surface area contributed by atoms with Crippen LogP contribution in [0.15, 0.2) is 0 Å². The van der Waals surface area contributed by atoms with E-state index in [1.54, 1.807) is 0 Å². The van der Waals surface area contributed by atoms with Crippen molar-refractivity contribution in [1.29, 1.82) is 0 Å². The van der Waals surface area contributed by atoms with Crippen LogP contribution >= 0.6 is 0 Å². The lowest BCUT2D eigenvalue weighted by atomic mass is 9.99. The summed E-state index contributed by atoms with van der Waals surface area (Å²) in [5, 5.41) is 0. The molecule has 2 saturated heterocycles. The molecule has 2 fully saturated rings. The average molecular weight is 239 g/mol. The molecule has 2 N–H and O–H groups in total. The minimum absolute atomic E-state index is 0.862. The van der Waals surface area contributed by atoms with Crippen LogP contribution in [-0.2, 0) is 0 Å². The Balaban J connectivity index is 1.59. The van der Waals surface area contributed by atoms with Crippen molar-refractivity contribution in [3.8, 4) is 0 Å². The van der Waals surface area contributed by atoms with Gasteiger partial charge < -0.3 is 10.6 Å². The zero-order valence-electron chi connectivity index (χ0n) is 11.2. The molecule has 2 aliphatic heterocycles. The summed E-state index contributed by atoms with van der Waals surface area (Å²) >= 11 is 0. The number of hydrogen-bond acceptors (Lipinski definition) is 3. The molecule has 2 heterocycles. The maximum Gasteiger partial charge on any atom is 0.0223 e. The summed E-state index contributed by atoms with van der Waals surface area (Å²) in [7, 11) is 0. The zero-order valence-corrected chi connectivity index (χ0v) is 11.2. The lowest BCUT2D eigenvalue weighted by molar-refractivity contribution is 0.0486. The van der Waals surface area contributed by atoms with Crippen molar-refractivity contribution in [2.24, 2.45) is 5.73 Å². The second kappa shape index (κ2) is 7.34. The van der Waals surface area contributed by atoms with Crippen LogP contribution in [0.2, 0.25) is 0 Å². The molecule has 0 spiro atoms. The lowest BCUT2D eigenvalue weighted by Crippen LogP contribution is -2.54. The predicted molar refractivity (Wildman–Crippen MR) is 73.2 cm³/mol. The summed E-state index contributed by atoms with van der Waals surface area (Å²) in [6.45, 7) is 7.47. The standard InChI is InChI=1S/C14H29N3/c15-8-4-1-2-5-9-16-11-12-17-10-6-3-7-14(17)13-16/h14H,1-13,15H2. The van der Waals surface area contributed by atoms with Gasteiger partial charge in [-0.15, -0.1) is 0 Å². The molecule has 100 valence electrons. The topological polar surface area (TPSA) is 32.5 Å². The van der Waals surface area contributed by atoms with E-state index in [-0.39, 0.29) is 0 Å². The third-order valence-electron chi connectivity index (χ3n) is 4.35. The van der Waals surface area contributed by atoms with Crippen LogP contribution in [0.3, 0.4) is 0 Å². The number of fused-ring (bicyclic) bond motifs is 1. The van der Waals surface area contributed by atoms with Gasteiger partial charge in [-0.1, -0.05) is 19.3 Å². The highest BCUT2D eigenvalue weighted by Crippen LogP contribution is 2.21. The first-order valence-corrected chi connectivity index (χ1v) is 7.56. The number of nitrogens with zero attached hydrogens (tertiary/aromatic N) is 2. The molecule has 1 atom stereocenters. The number of hydrogen-bond donors (Lipinski definition) is 1. The summed E-state index contributed by atoms with van der Waals surface area (Å²) in [4.78, 5) is 5.41. The Morgan fingerprint density at radius 1 is 0.941 bits per heavy atom. The van der Waals surface area contributed by atoms with Gasteiger partial charge in [0.05, 0.1) is 0 Å². The maximum atomic E-state index is 5.51. The minimum atomic E-state index is 0.862. The van der Waals surface area contributed by atoms with Gasteiger partial charge in [-0.05, 0) is 45.3 Å². The van der Waals surface area contributed by atoms with E-state index >= 15 is 0 Å². The lowest BCUT2D eigenvalue weighted by Gasteiger charge is -2.44. The average Bonchev–Trinajstić information content (AvgIpc) is 2.38. The van der Waals surface area contributed by atoms with Crippen molar-refractivity contribution in [2.75, 3.05) is 39.3 Å². The van der Waals surface area contributed by atoms with E-state index in [4.69, 9.17) is 5.73 Å². The summed E-state index contributed by atoms with van der Waals surface area (Å²) < 4.78 is 0. The molecule has 3 heteroatoms. The molecule has 1 unspecified atom stereocenters. The van der Waals surface area contributed by atoms with E-state index in [1.165, 1.54) is 77.7 Å². The highest BCUT2D eigenvalue weighted by molar-refractivity contribution is 4.84. The molecule has 0 aromatic heterocycles. The van der Waals surface area contributed by atoms with Crippen molar-refractivity contribution in [1.82, 2.24) is 9.80 Å². The molecule has 0 aliphatic carbocycles. The third-order valence-corrected chi connectivity index (χ3v) is 4.35. The zero-order chi connectivity index (χ0) is 11.9. The van der Waals surface area contributed by atoms with Gasteiger partial charge in [0.15, 0.2) is 0 Å². The first-order chi connectivity index (χ1) is 8.40. The Morgan fingerprint density at radius 2 is 1.82 bits per heavy atom. The van der Waals surface area contributed by atoms with Gasteiger partial charge in [0, 0.05) is 25.7 Å². The van der Waals surface area contributed by atoms with E-state index < -0.39 is 0 Å². The Hall–Kier alpha value is -0.120. The third kappa shape index (κ3) is 4.23. The molecule has 0 aromatic carbocycles. The number of piperidine rings is 1. The first kappa shape index (κ1) is 13.3. The fourth-order valence-corrected chi connectivity index (χ4v) is 3.26. The predicted octanol–water partition coefficient (Wildman–Crippen LogP) is 1.68. The molecule has 2 rings (SSSR count). The van der Waals surface area contributed by atoms with Crippen LogP contribution < -0.4 is 5.73 Å². The van der Waals surface area contributed by atoms with Gasteiger partial charge in [0.2, 0.25) is 0 Å². The number of unbranched alkanes of at least 4 members (excludes halogenated alkanes) is 3. The van der Waals surface area contributed by atoms with E-state index in [9.17, 15) is 0 Å². The molecule has 2 aliphatic rings. The number of rotatable bonds is 6.